The summed E-state index contributed by atoms with van der Waals surface area (Å²) in [6.07, 6.45) is 1.95. The van der Waals surface area contributed by atoms with Gasteiger partial charge in [-0.1, -0.05) is 30.3 Å². The van der Waals surface area contributed by atoms with Crippen molar-refractivity contribution >= 4 is 23.6 Å². The van der Waals surface area contributed by atoms with Crippen LogP contribution in [0.3, 0.4) is 0 Å². The molecule has 0 N–H and O–H groups in total. The number of amides is 4. The van der Waals surface area contributed by atoms with E-state index in [4.69, 9.17) is 0 Å². The molecule has 0 unspecified atom stereocenters. The molecule has 2 aliphatic heterocycles. The van der Waals surface area contributed by atoms with Gasteiger partial charge in [-0.25, -0.2) is 0 Å². The third-order valence-corrected chi connectivity index (χ3v) is 5.81. The molecule has 3 heterocycles. The van der Waals surface area contributed by atoms with Crippen LogP contribution in [0.2, 0.25) is 0 Å². The largest absolute Gasteiger partial charge is 0.338 e. The molecule has 2 aliphatic rings. The monoisotopic (exact) mass is 436 g/mol. The normalized spacial score (nSPS) is 16.6. The van der Waals surface area contributed by atoms with Crippen molar-refractivity contribution in [2.24, 2.45) is 0 Å². The van der Waals surface area contributed by atoms with Gasteiger partial charge in [0.05, 0.1) is 6.54 Å². The van der Waals surface area contributed by atoms with Gasteiger partial charge in [0.2, 0.25) is 17.7 Å². The maximum atomic E-state index is 13.0. The predicted octanol–water partition coefficient (Wildman–Crippen LogP) is 0.330. The van der Waals surface area contributed by atoms with Crippen molar-refractivity contribution < 1.29 is 19.2 Å². The summed E-state index contributed by atoms with van der Waals surface area (Å²) in [4.78, 5) is 65.9. The lowest BCUT2D eigenvalue weighted by Gasteiger charge is -2.35. The van der Waals surface area contributed by atoms with Gasteiger partial charge in [-0.3, -0.25) is 28.9 Å². The molecule has 4 amide bonds. The lowest BCUT2D eigenvalue weighted by Crippen LogP contribution is -2.53. The van der Waals surface area contributed by atoms with Gasteiger partial charge < -0.3 is 14.4 Å². The van der Waals surface area contributed by atoms with Crippen molar-refractivity contribution in [1.29, 1.82) is 0 Å². The first-order chi connectivity index (χ1) is 15.4. The Labute approximate surface area is 184 Å². The average molecular weight is 436 g/mol. The van der Waals surface area contributed by atoms with E-state index in [1.54, 1.807) is 22.1 Å². The minimum Gasteiger partial charge on any atom is -0.338 e. The zero-order valence-electron chi connectivity index (χ0n) is 17.6. The van der Waals surface area contributed by atoms with Crippen LogP contribution in [0.15, 0.2) is 53.5 Å². The Morgan fingerprint density at radius 2 is 1.41 bits per heavy atom. The molecule has 9 nitrogen and oxygen atoms in total. The molecule has 0 saturated carbocycles. The summed E-state index contributed by atoms with van der Waals surface area (Å²) in [6, 6.07) is 12.7. The van der Waals surface area contributed by atoms with Crippen molar-refractivity contribution in [2.45, 2.75) is 19.4 Å². The Hall–Kier alpha value is -3.75. The first kappa shape index (κ1) is 21.5. The van der Waals surface area contributed by atoms with E-state index in [-0.39, 0.29) is 80.3 Å². The molecule has 0 aliphatic carbocycles. The molecule has 0 atom stereocenters. The fraction of sp³-hybridized carbons (Fsp3) is 0.348. The Kier molecular flexibility index (Phi) is 6.16. The molecule has 9 heteroatoms. The van der Waals surface area contributed by atoms with Crippen LogP contribution < -0.4 is 5.56 Å². The van der Waals surface area contributed by atoms with Gasteiger partial charge in [0.25, 0.3) is 11.5 Å². The molecular formula is C23H24N4O5. The van der Waals surface area contributed by atoms with Crippen molar-refractivity contribution in [1.82, 2.24) is 19.3 Å². The lowest BCUT2D eigenvalue weighted by atomic mass is 10.2. The number of pyridine rings is 1. The molecule has 2 saturated heterocycles. The SMILES string of the molecule is O=C(CN1C(=O)CCC1=O)N1CCN(C(=O)c2cccn(Cc3ccccc3)c2=O)CC1. The number of piperazine rings is 1. The summed E-state index contributed by atoms with van der Waals surface area (Å²) in [5, 5.41) is 0. The Morgan fingerprint density at radius 3 is 2.06 bits per heavy atom. The van der Waals surface area contributed by atoms with Crippen LogP contribution in [0, 0.1) is 0 Å². The minimum atomic E-state index is -0.366. The number of imide groups is 1. The summed E-state index contributed by atoms with van der Waals surface area (Å²) >= 11 is 0. The van der Waals surface area contributed by atoms with E-state index in [2.05, 4.69) is 0 Å². The summed E-state index contributed by atoms with van der Waals surface area (Å²) in [5.74, 6) is -1.33. The van der Waals surface area contributed by atoms with Crippen LogP contribution in [-0.4, -0.2) is 75.6 Å². The zero-order valence-corrected chi connectivity index (χ0v) is 17.6. The zero-order chi connectivity index (χ0) is 22.7. The number of aromatic nitrogens is 1. The van der Waals surface area contributed by atoms with Gasteiger partial charge in [-0.15, -0.1) is 0 Å². The predicted molar refractivity (Wildman–Crippen MR) is 115 cm³/mol. The highest BCUT2D eigenvalue weighted by Gasteiger charge is 2.33. The minimum absolute atomic E-state index is 0.0940. The van der Waals surface area contributed by atoms with E-state index in [1.807, 2.05) is 30.3 Å². The quantitative estimate of drug-likeness (QED) is 0.629. The van der Waals surface area contributed by atoms with E-state index in [9.17, 15) is 24.0 Å². The first-order valence-electron chi connectivity index (χ1n) is 10.6. The Balaban J connectivity index is 1.38. The molecule has 1 aromatic carbocycles. The van der Waals surface area contributed by atoms with Gasteiger partial charge >= 0.3 is 0 Å². The van der Waals surface area contributed by atoms with Crippen molar-refractivity contribution in [3.63, 3.8) is 0 Å². The fourth-order valence-electron chi connectivity index (χ4n) is 3.97. The second-order valence-electron chi connectivity index (χ2n) is 7.89. The molecule has 2 aromatic rings. The number of likely N-dealkylation sites (tertiary alicyclic amines) is 1. The second-order valence-corrected chi connectivity index (χ2v) is 7.89. The number of rotatable bonds is 5. The van der Waals surface area contributed by atoms with Crippen molar-refractivity contribution in [3.05, 3.63) is 70.1 Å². The number of benzene rings is 1. The van der Waals surface area contributed by atoms with E-state index >= 15 is 0 Å². The smallest absolute Gasteiger partial charge is 0.263 e. The molecule has 32 heavy (non-hydrogen) atoms. The van der Waals surface area contributed by atoms with Crippen LogP contribution >= 0.6 is 0 Å². The van der Waals surface area contributed by atoms with Crippen molar-refractivity contribution in [3.8, 4) is 0 Å². The maximum absolute atomic E-state index is 13.0. The highest BCUT2D eigenvalue weighted by molar-refractivity contribution is 6.04. The van der Waals surface area contributed by atoms with Gasteiger partial charge in [0.1, 0.15) is 12.1 Å². The summed E-state index contributed by atoms with van der Waals surface area (Å²) in [6.45, 7) is 1.24. The van der Waals surface area contributed by atoms with Gasteiger partial charge in [0, 0.05) is 45.2 Å². The summed E-state index contributed by atoms with van der Waals surface area (Å²) in [7, 11) is 0. The van der Waals surface area contributed by atoms with E-state index in [1.165, 1.54) is 10.6 Å². The highest BCUT2D eigenvalue weighted by atomic mass is 16.2. The number of carbonyl (C=O) groups excluding carboxylic acids is 4. The first-order valence-corrected chi connectivity index (χ1v) is 10.6. The number of hydrogen-bond acceptors (Lipinski definition) is 5. The van der Waals surface area contributed by atoms with Crippen LogP contribution in [0.5, 0.6) is 0 Å². The number of hydrogen-bond donors (Lipinski definition) is 0. The third kappa shape index (κ3) is 4.46. The number of carbonyl (C=O) groups is 4. The lowest BCUT2D eigenvalue weighted by molar-refractivity contribution is -0.146. The topological polar surface area (TPSA) is 100 Å². The fourth-order valence-corrected chi connectivity index (χ4v) is 3.97. The Bertz CT molecular complexity index is 1090. The standard InChI is InChI=1S/C23H24N4O5/c28-19-8-9-20(29)27(19)16-21(30)24-11-13-25(14-12-24)22(31)18-7-4-10-26(23(18)32)15-17-5-2-1-3-6-17/h1-7,10H,8-9,11-16H2. The van der Waals surface area contributed by atoms with Gasteiger partial charge in [-0.2, -0.15) is 0 Å². The third-order valence-electron chi connectivity index (χ3n) is 5.81. The Morgan fingerprint density at radius 1 is 0.781 bits per heavy atom. The molecule has 166 valence electrons. The van der Waals surface area contributed by atoms with E-state index in [0.29, 0.717) is 6.54 Å². The summed E-state index contributed by atoms with van der Waals surface area (Å²) < 4.78 is 1.51. The van der Waals surface area contributed by atoms with Gasteiger partial charge in [-0.05, 0) is 17.7 Å². The van der Waals surface area contributed by atoms with Crippen LogP contribution in [0.25, 0.3) is 0 Å². The van der Waals surface area contributed by atoms with Crippen LogP contribution in [0.1, 0.15) is 28.8 Å². The second kappa shape index (κ2) is 9.17. The number of nitrogens with zero attached hydrogens (tertiary/aromatic N) is 4. The maximum Gasteiger partial charge on any atom is 0.263 e. The molecule has 1 aromatic heterocycles. The van der Waals surface area contributed by atoms with E-state index in [0.717, 1.165) is 10.5 Å². The molecule has 2 fully saturated rings. The average Bonchev–Trinajstić information content (AvgIpc) is 3.13. The molecular weight excluding hydrogens is 412 g/mol. The van der Waals surface area contributed by atoms with Gasteiger partial charge in [0.15, 0.2) is 0 Å². The van der Waals surface area contributed by atoms with Crippen LogP contribution in [-0.2, 0) is 20.9 Å². The summed E-state index contributed by atoms with van der Waals surface area (Å²) in [5.41, 5.74) is 0.698. The van der Waals surface area contributed by atoms with Crippen LogP contribution in [0.4, 0.5) is 0 Å². The highest BCUT2D eigenvalue weighted by Crippen LogP contribution is 2.13. The molecule has 0 bridgehead atoms. The van der Waals surface area contributed by atoms with E-state index < -0.39 is 0 Å². The molecule has 0 spiro atoms. The molecule has 0 radical (unpaired) electrons. The van der Waals surface area contributed by atoms with Crippen molar-refractivity contribution in [2.75, 3.05) is 32.7 Å². The molecule has 4 rings (SSSR count).